The Kier molecular flexibility index (Phi) is 3.45. The molecule has 0 bridgehead atoms. The van der Waals surface area contributed by atoms with Crippen molar-refractivity contribution in [3.63, 3.8) is 0 Å². The fraction of sp³-hybridized carbons (Fsp3) is 0.900. The molecule has 1 atom stereocenters. The number of hydrogen-bond acceptors (Lipinski definition) is 3. The number of alkyl halides is 1. The van der Waals surface area contributed by atoms with Crippen LogP contribution in [0, 0.1) is 5.92 Å². The van der Waals surface area contributed by atoms with Gasteiger partial charge in [-0.1, -0.05) is 0 Å². The van der Waals surface area contributed by atoms with Gasteiger partial charge in [-0.15, -0.1) is 11.6 Å². The maximum Gasteiger partial charge on any atom is 0.237 e. The van der Waals surface area contributed by atoms with Crippen LogP contribution in [0.3, 0.4) is 0 Å². The first-order valence-corrected chi connectivity index (χ1v) is 7.95. The van der Waals surface area contributed by atoms with E-state index in [4.69, 9.17) is 11.6 Å². The van der Waals surface area contributed by atoms with Crippen molar-refractivity contribution in [3.05, 3.63) is 0 Å². The lowest BCUT2D eigenvalue weighted by atomic mass is 10.1. The van der Waals surface area contributed by atoms with E-state index in [1.807, 2.05) is 0 Å². The van der Waals surface area contributed by atoms with Gasteiger partial charge >= 0.3 is 0 Å². The van der Waals surface area contributed by atoms with Crippen molar-refractivity contribution < 1.29 is 13.2 Å². The summed E-state index contributed by atoms with van der Waals surface area (Å²) in [7, 11) is -2.99. The van der Waals surface area contributed by atoms with Crippen molar-refractivity contribution in [3.8, 4) is 0 Å². The van der Waals surface area contributed by atoms with Gasteiger partial charge in [0.25, 0.3) is 0 Å². The second-order valence-electron chi connectivity index (χ2n) is 4.59. The van der Waals surface area contributed by atoms with Crippen LogP contribution in [0.15, 0.2) is 0 Å². The second-order valence-corrected chi connectivity index (χ2v) is 7.09. The summed E-state index contributed by atoms with van der Waals surface area (Å²) in [4.78, 5) is 13.4. The van der Waals surface area contributed by atoms with Gasteiger partial charge in [0.2, 0.25) is 5.91 Å². The molecule has 2 rings (SSSR count). The van der Waals surface area contributed by atoms with Crippen LogP contribution in [0.4, 0.5) is 0 Å². The van der Waals surface area contributed by atoms with Crippen LogP contribution in [-0.2, 0) is 14.6 Å². The van der Waals surface area contributed by atoms with Gasteiger partial charge in [-0.2, -0.15) is 0 Å². The van der Waals surface area contributed by atoms with E-state index in [2.05, 4.69) is 0 Å². The summed E-state index contributed by atoms with van der Waals surface area (Å²) in [6.07, 6.45) is 2.60. The van der Waals surface area contributed by atoms with Crippen molar-refractivity contribution >= 4 is 27.3 Å². The number of rotatable bonds is 2. The molecule has 1 unspecified atom stereocenters. The van der Waals surface area contributed by atoms with Crippen molar-refractivity contribution in [2.24, 2.45) is 5.92 Å². The largest absolute Gasteiger partial charge is 0.337 e. The topological polar surface area (TPSA) is 54.5 Å². The fourth-order valence-electron chi connectivity index (χ4n) is 2.31. The Hall–Kier alpha value is -0.290. The van der Waals surface area contributed by atoms with E-state index in [-0.39, 0.29) is 29.3 Å². The van der Waals surface area contributed by atoms with Crippen molar-refractivity contribution in [2.45, 2.75) is 25.3 Å². The highest BCUT2D eigenvalue weighted by atomic mass is 35.5. The van der Waals surface area contributed by atoms with Gasteiger partial charge in [-0.05, 0) is 25.2 Å². The summed E-state index contributed by atoms with van der Waals surface area (Å²) in [5.41, 5.74) is 0. The van der Waals surface area contributed by atoms with E-state index >= 15 is 0 Å². The molecule has 6 heteroatoms. The molecule has 1 aliphatic heterocycles. The minimum Gasteiger partial charge on any atom is -0.337 e. The van der Waals surface area contributed by atoms with Gasteiger partial charge in [0.05, 0.1) is 11.5 Å². The molecule has 16 heavy (non-hydrogen) atoms. The molecule has 1 amide bonds. The lowest BCUT2D eigenvalue weighted by Crippen LogP contribution is -2.44. The predicted octanol–water partition coefficient (Wildman–Crippen LogP) is 0.651. The molecule has 0 radical (unpaired) electrons. The first-order valence-electron chi connectivity index (χ1n) is 5.59. The van der Waals surface area contributed by atoms with Gasteiger partial charge in [-0.3, -0.25) is 4.79 Å². The zero-order chi connectivity index (χ0) is 11.8. The first-order chi connectivity index (χ1) is 7.53. The standard InChI is InChI=1S/C10H16ClNO3S/c11-6-10(13)12-4-1-5-16(14,15)7-9(12)8-2-3-8/h8-9H,1-7H2. The Morgan fingerprint density at radius 3 is 2.62 bits per heavy atom. The Morgan fingerprint density at radius 2 is 2.06 bits per heavy atom. The summed E-state index contributed by atoms with van der Waals surface area (Å²) in [5.74, 6) is 0.516. The molecule has 4 nitrogen and oxygen atoms in total. The molecule has 0 aromatic rings. The summed E-state index contributed by atoms with van der Waals surface area (Å²) < 4.78 is 23.4. The third-order valence-electron chi connectivity index (χ3n) is 3.28. The number of amides is 1. The third kappa shape index (κ3) is 2.69. The molecular formula is C10H16ClNO3S. The lowest BCUT2D eigenvalue weighted by Gasteiger charge is -2.28. The number of carbonyl (C=O) groups is 1. The van der Waals surface area contributed by atoms with Crippen LogP contribution < -0.4 is 0 Å². The maximum absolute atomic E-state index is 11.7. The molecule has 2 fully saturated rings. The molecule has 0 aromatic carbocycles. The average molecular weight is 266 g/mol. The van der Waals surface area contributed by atoms with E-state index in [9.17, 15) is 13.2 Å². The van der Waals surface area contributed by atoms with Crippen molar-refractivity contribution in [1.29, 1.82) is 0 Å². The van der Waals surface area contributed by atoms with E-state index < -0.39 is 9.84 Å². The van der Waals surface area contributed by atoms with Gasteiger partial charge in [0, 0.05) is 12.6 Å². The van der Waals surface area contributed by atoms with Gasteiger partial charge < -0.3 is 4.90 Å². The van der Waals surface area contributed by atoms with Crippen LogP contribution in [0.2, 0.25) is 0 Å². The lowest BCUT2D eigenvalue weighted by molar-refractivity contribution is -0.130. The quantitative estimate of drug-likeness (QED) is 0.689. The molecule has 1 heterocycles. The molecule has 1 aliphatic carbocycles. The number of nitrogens with zero attached hydrogens (tertiary/aromatic N) is 1. The maximum atomic E-state index is 11.7. The molecule has 1 saturated heterocycles. The fourth-order valence-corrected chi connectivity index (χ4v) is 4.17. The van der Waals surface area contributed by atoms with Gasteiger partial charge in [0.15, 0.2) is 9.84 Å². The second kappa shape index (κ2) is 4.53. The minimum atomic E-state index is -2.99. The Balaban J connectivity index is 2.19. The zero-order valence-electron chi connectivity index (χ0n) is 9.06. The summed E-state index contributed by atoms with van der Waals surface area (Å²) >= 11 is 5.56. The monoisotopic (exact) mass is 265 g/mol. The molecular weight excluding hydrogens is 250 g/mol. The summed E-state index contributed by atoms with van der Waals surface area (Å²) in [6, 6.07) is -0.126. The molecule has 92 valence electrons. The van der Waals surface area contributed by atoms with Crippen LogP contribution in [0.5, 0.6) is 0 Å². The van der Waals surface area contributed by atoms with Crippen LogP contribution in [-0.4, -0.2) is 49.2 Å². The third-order valence-corrected chi connectivity index (χ3v) is 5.27. The van der Waals surface area contributed by atoms with Crippen LogP contribution in [0.25, 0.3) is 0 Å². The molecule has 0 spiro atoms. The number of halogens is 1. The van der Waals surface area contributed by atoms with E-state index in [1.165, 1.54) is 0 Å². The Bertz CT molecular complexity index is 378. The normalized spacial score (nSPS) is 29.8. The molecule has 2 aliphatic rings. The van der Waals surface area contributed by atoms with Crippen LogP contribution >= 0.6 is 11.6 Å². The highest BCUT2D eigenvalue weighted by molar-refractivity contribution is 7.91. The number of sulfone groups is 1. The summed E-state index contributed by atoms with van der Waals surface area (Å²) in [6.45, 7) is 0.534. The first kappa shape index (κ1) is 12.2. The van der Waals surface area contributed by atoms with E-state index in [0.717, 1.165) is 12.8 Å². The molecule has 0 aromatic heterocycles. The van der Waals surface area contributed by atoms with Gasteiger partial charge in [0.1, 0.15) is 5.88 Å². The highest BCUT2D eigenvalue weighted by Gasteiger charge is 2.41. The predicted molar refractivity (Wildman–Crippen MR) is 62.2 cm³/mol. The number of carbonyl (C=O) groups excluding carboxylic acids is 1. The summed E-state index contributed by atoms with van der Waals surface area (Å²) in [5, 5.41) is 0. The van der Waals surface area contributed by atoms with Crippen molar-refractivity contribution in [1.82, 2.24) is 4.90 Å². The Labute approximate surface area is 101 Å². The molecule has 1 saturated carbocycles. The SMILES string of the molecule is O=C(CCl)N1CCCS(=O)(=O)CC1C1CC1. The minimum absolute atomic E-state index is 0.0523. The Morgan fingerprint density at radius 1 is 1.38 bits per heavy atom. The highest BCUT2D eigenvalue weighted by Crippen LogP contribution is 2.37. The van der Waals surface area contributed by atoms with Gasteiger partial charge in [-0.25, -0.2) is 8.42 Å². The van der Waals surface area contributed by atoms with Crippen LogP contribution in [0.1, 0.15) is 19.3 Å². The zero-order valence-corrected chi connectivity index (χ0v) is 10.6. The van der Waals surface area contributed by atoms with Crippen molar-refractivity contribution in [2.75, 3.05) is 23.9 Å². The smallest absolute Gasteiger partial charge is 0.237 e. The average Bonchev–Trinajstić information content (AvgIpc) is 3.02. The number of hydrogen-bond donors (Lipinski definition) is 0. The van der Waals surface area contributed by atoms with E-state index in [1.54, 1.807) is 4.90 Å². The van der Waals surface area contributed by atoms with E-state index in [0.29, 0.717) is 18.9 Å². The molecule has 0 N–H and O–H groups in total.